The highest BCUT2D eigenvalue weighted by Crippen LogP contribution is 2.40. The average molecular weight is 717 g/mol. The van der Waals surface area contributed by atoms with Crippen LogP contribution in [0, 0.1) is 0 Å². The quantitative estimate of drug-likeness (QED) is 0.157. The van der Waals surface area contributed by atoms with Crippen molar-refractivity contribution in [3.8, 4) is 56.0 Å². The molecule has 264 valence electrons. The second-order valence-corrected chi connectivity index (χ2v) is 14.0. The lowest BCUT2D eigenvalue weighted by molar-refractivity contribution is 0.621. The fraction of sp³-hybridized carbons (Fsp3) is 0. The van der Waals surface area contributed by atoms with E-state index in [4.69, 9.17) is 9.40 Å². The van der Waals surface area contributed by atoms with Crippen molar-refractivity contribution in [3.05, 3.63) is 218 Å². The van der Waals surface area contributed by atoms with Crippen LogP contribution in [0.15, 0.2) is 223 Å². The second-order valence-electron chi connectivity index (χ2n) is 14.0. The van der Waals surface area contributed by atoms with Crippen molar-refractivity contribution < 1.29 is 4.42 Å². The van der Waals surface area contributed by atoms with Gasteiger partial charge in [0.15, 0.2) is 5.58 Å². The number of hydrogen-bond donors (Lipinski definition) is 0. The Kier molecular flexibility index (Phi) is 8.51. The average Bonchev–Trinajstić information content (AvgIpc) is 3.74. The van der Waals surface area contributed by atoms with Gasteiger partial charge in [0.25, 0.3) is 0 Å². The molecule has 0 bridgehead atoms. The summed E-state index contributed by atoms with van der Waals surface area (Å²) in [6.07, 6.45) is 0. The van der Waals surface area contributed by atoms with Crippen molar-refractivity contribution in [1.29, 1.82) is 0 Å². The summed E-state index contributed by atoms with van der Waals surface area (Å²) in [7, 11) is 0. The number of nitrogens with zero attached hydrogens (tertiary/aromatic N) is 2. The van der Waals surface area contributed by atoms with E-state index in [2.05, 4.69) is 193 Å². The first-order valence-corrected chi connectivity index (χ1v) is 18.9. The largest absolute Gasteiger partial charge is 0.435 e. The minimum Gasteiger partial charge on any atom is -0.435 e. The highest BCUT2D eigenvalue weighted by Gasteiger charge is 2.18. The van der Waals surface area contributed by atoms with Gasteiger partial charge < -0.3 is 9.32 Å². The number of anilines is 3. The third-order valence-electron chi connectivity index (χ3n) is 10.5. The monoisotopic (exact) mass is 716 g/mol. The maximum atomic E-state index is 6.52. The summed E-state index contributed by atoms with van der Waals surface area (Å²) in [6.45, 7) is 0. The van der Waals surface area contributed by atoms with Crippen LogP contribution in [-0.4, -0.2) is 4.98 Å². The molecule has 0 fully saturated rings. The van der Waals surface area contributed by atoms with E-state index in [0.29, 0.717) is 5.89 Å². The summed E-state index contributed by atoms with van der Waals surface area (Å²) in [5.74, 6) is 0.628. The fourth-order valence-corrected chi connectivity index (χ4v) is 7.64. The van der Waals surface area contributed by atoms with Gasteiger partial charge in [-0.05, 0) is 98.9 Å². The van der Waals surface area contributed by atoms with Gasteiger partial charge in [-0.1, -0.05) is 164 Å². The van der Waals surface area contributed by atoms with E-state index in [1.807, 2.05) is 30.3 Å². The molecule has 3 heteroatoms. The topological polar surface area (TPSA) is 29.3 Å². The van der Waals surface area contributed by atoms with E-state index < -0.39 is 0 Å². The molecule has 10 rings (SSSR count). The Hall–Kier alpha value is -7.49. The van der Waals surface area contributed by atoms with Crippen LogP contribution in [0.5, 0.6) is 0 Å². The van der Waals surface area contributed by atoms with Crippen molar-refractivity contribution >= 4 is 38.9 Å². The van der Waals surface area contributed by atoms with Gasteiger partial charge in [0.1, 0.15) is 5.52 Å². The molecule has 1 aromatic heterocycles. The van der Waals surface area contributed by atoms with Gasteiger partial charge in [-0.25, -0.2) is 4.98 Å². The van der Waals surface area contributed by atoms with Crippen LogP contribution < -0.4 is 4.90 Å². The van der Waals surface area contributed by atoms with Crippen LogP contribution in [-0.2, 0) is 0 Å². The molecule has 0 aliphatic heterocycles. The van der Waals surface area contributed by atoms with Gasteiger partial charge in [0, 0.05) is 33.6 Å². The zero-order valence-electron chi connectivity index (χ0n) is 30.6. The Balaban J connectivity index is 0.998. The van der Waals surface area contributed by atoms with Gasteiger partial charge in [0.05, 0.1) is 0 Å². The van der Waals surface area contributed by atoms with Crippen molar-refractivity contribution in [2.24, 2.45) is 0 Å². The molecular formula is C53H36N2O. The van der Waals surface area contributed by atoms with Gasteiger partial charge in [-0.2, -0.15) is 0 Å². The summed E-state index contributed by atoms with van der Waals surface area (Å²) in [4.78, 5) is 7.33. The number of rotatable bonds is 8. The maximum Gasteiger partial charge on any atom is 0.227 e. The molecule has 9 aromatic carbocycles. The van der Waals surface area contributed by atoms with E-state index in [9.17, 15) is 0 Å². The molecule has 0 spiro atoms. The molecule has 0 amide bonds. The second kappa shape index (κ2) is 14.4. The van der Waals surface area contributed by atoms with Crippen LogP contribution in [0.4, 0.5) is 17.1 Å². The van der Waals surface area contributed by atoms with Gasteiger partial charge in [-0.3, -0.25) is 0 Å². The molecule has 0 atom stereocenters. The number of oxazole rings is 1. The molecule has 0 aliphatic carbocycles. The first kappa shape index (κ1) is 33.1. The van der Waals surface area contributed by atoms with Crippen molar-refractivity contribution in [2.75, 3.05) is 4.90 Å². The number of fused-ring (bicyclic) bond motifs is 3. The molecule has 0 radical (unpaired) electrons. The molecule has 0 saturated carbocycles. The number of hydrogen-bond acceptors (Lipinski definition) is 3. The van der Waals surface area contributed by atoms with Crippen LogP contribution >= 0.6 is 0 Å². The number of aromatic nitrogens is 1. The van der Waals surface area contributed by atoms with E-state index in [1.54, 1.807) is 0 Å². The minimum absolute atomic E-state index is 0.628. The molecule has 0 N–H and O–H groups in total. The van der Waals surface area contributed by atoms with Gasteiger partial charge in [0.2, 0.25) is 5.89 Å². The third-order valence-corrected chi connectivity index (χ3v) is 10.5. The van der Waals surface area contributed by atoms with Crippen LogP contribution in [0.25, 0.3) is 77.8 Å². The lowest BCUT2D eigenvalue weighted by atomic mass is 9.97. The lowest BCUT2D eigenvalue weighted by Gasteiger charge is -2.26. The predicted molar refractivity (Wildman–Crippen MR) is 233 cm³/mol. The SMILES string of the molecule is c1ccc(-c2ccc(N(c3ccc(-c4ccc(-c5cc6ccccc6c6nc(-c7ccccc7)oc56)cc4)cc3)c3cccc(-c4ccccc4)c3)cc2)cc1. The Labute approximate surface area is 326 Å². The summed E-state index contributed by atoms with van der Waals surface area (Å²) >= 11 is 0. The first-order valence-electron chi connectivity index (χ1n) is 18.9. The van der Waals surface area contributed by atoms with Gasteiger partial charge >= 0.3 is 0 Å². The standard InChI is InChI=1S/C53H36N2O/c1-4-13-37(14-5-1)40-27-31-46(32-28-40)55(48-21-12-20-44(35-48)38-15-6-2-7-16-38)47-33-29-41(30-34-47)39-23-25-42(26-24-39)50-36-45-19-10-11-22-49(45)51-52(50)56-53(54-51)43-17-8-3-9-18-43/h1-36H. The Morgan fingerprint density at radius 1 is 0.339 bits per heavy atom. The Morgan fingerprint density at radius 2 is 0.804 bits per heavy atom. The normalized spacial score (nSPS) is 11.2. The molecule has 0 unspecified atom stereocenters. The van der Waals surface area contributed by atoms with Crippen molar-refractivity contribution in [2.45, 2.75) is 0 Å². The summed E-state index contributed by atoms with van der Waals surface area (Å²) in [6, 6.07) is 77.1. The van der Waals surface area contributed by atoms with Crippen molar-refractivity contribution in [1.82, 2.24) is 4.98 Å². The molecular weight excluding hydrogens is 681 g/mol. The summed E-state index contributed by atoms with van der Waals surface area (Å²) in [5.41, 5.74) is 15.1. The van der Waals surface area contributed by atoms with E-state index in [1.165, 1.54) is 22.3 Å². The molecule has 0 saturated heterocycles. The summed E-state index contributed by atoms with van der Waals surface area (Å²) in [5, 5.41) is 2.22. The maximum absolute atomic E-state index is 6.52. The van der Waals surface area contributed by atoms with Crippen LogP contribution in [0.3, 0.4) is 0 Å². The first-order chi connectivity index (χ1) is 27.7. The van der Waals surface area contributed by atoms with E-state index in [0.717, 1.165) is 66.8 Å². The van der Waals surface area contributed by atoms with Crippen molar-refractivity contribution in [3.63, 3.8) is 0 Å². The smallest absolute Gasteiger partial charge is 0.227 e. The minimum atomic E-state index is 0.628. The highest BCUT2D eigenvalue weighted by molar-refractivity contribution is 6.10. The Morgan fingerprint density at radius 3 is 1.41 bits per heavy atom. The molecule has 3 nitrogen and oxygen atoms in total. The van der Waals surface area contributed by atoms with E-state index >= 15 is 0 Å². The third kappa shape index (κ3) is 6.31. The van der Waals surface area contributed by atoms with Crippen LogP contribution in [0.1, 0.15) is 0 Å². The summed E-state index contributed by atoms with van der Waals surface area (Å²) < 4.78 is 6.52. The lowest BCUT2D eigenvalue weighted by Crippen LogP contribution is -2.10. The zero-order chi connectivity index (χ0) is 37.3. The highest BCUT2D eigenvalue weighted by atomic mass is 16.3. The molecule has 56 heavy (non-hydrogen) atoms. The molecule has 10 aromatic rings. The Bertz CT molecular complexity index is 2920. The molecule has 1 heterocycles. The predicted octanol–water partition coefficient (Wildman–Crippen LogP) is 14.8. The fourth-order valence-electron chi connectivity index (χ4n) is 7.64. The van der Waals surface area contributed by atoms with E-state index in [-0.39, 0.29) is 0 Å². The molecule has 0 aliphatic rings. The zero-order valence-corrected chi connectivity index (χ0v) is 30.6. The van der Waals surface area contributed by atoms with Gasteiger partial charge in [-0.15, -0.1) is 0 Å². The number of benzene rings is 9. The van der Waals surface area contributed by atoms with Crippen LogP contribution in [0.2, 0.25) is 0 Å².